The highest BCUT2D eigenvalue weighted by Gasteiger charge is 2.20. The van der Waals surface area contributed by atoms with E-state index in [1.165, 1.54) is 7.05 Å². The van der Waals surface area contributed by atoms with Crippen LogP contribution in [0, 0.1) is 5.82 Å². The number of hydrogen-bond acceptors (Lipinski definition) is 5. The minimum Gasteiger partial charge on any atom is -0.489 e. The second-order valence-corrected chi connectivity index (χ2v) is 8.65. The van der Waals surface area contributed by atoms with Crippen molar-refractivity contribution in [2.75, 3.05) is 7.05 Å². The zero-order valence-corrected chi connectivity index (χ0v) is 17.8. The van der Waals surface area contributed by atoms with Crippen LogP contribution in [0.3, 0.4) is 0 Å². The lowest BCUT2D eigenvalue weighted by Crippen LogP contribution is -2.28. The first-order chi connectivity index (χ1) is 14.8. The van der Waals surface area contributed by atoms with E-state index in [1.54, 1.807) is 43.6 Å². The summed E-state index contributed by atoms with van der Waals surface area (Å²) in [6, 6.07) is 13.5. The number of ether oxygens (including phenoxy) is 1. The molecule has 1 unspecified atom stereocenters. The van der Waals surface area contributed by atoms with Crippen LogP contribution in [-0.2, 0) is 16.6 Å². The fraction of sp³-hybridized carbons (Fsp3) is 0.182. The highest BCUT2D eigenvalue weighted by Crippen LogP contribution is 2.20. The van der Waals surface area contributed by atoms with Crippen molar-refractivity contribution in [2.45, 2.75) is 24.5 Å². The fourth-order valence-electron chi connectivity index (χ4n) is 2.82. The molecule has 1 atom stereocenters. The maximum Gasteiger partial charge on any atom is 0.254 e. The second kappa shape index (κ2) is 9.67. The Morgan fingerprint density at radius 1 is 1.16 bits per heavy atom. The van der Waals surface area contributed by atoms with E-state index in [2.05, 4.69) is 15.0 Å². The number of hydrogen-bond donors (Lipinski definition) is 2. The Labute approximate surface area is 180 Å². The third kappa shape index (κ3) is 5.65. The Balaban J connectivity index is 1.66. The van der Waals surface area contributed by atoms with Crippen molar-refractivity contribution in [3.8, 4) is 5.75 Å². The highest BCUT2D eigenvalue weighted by atomic mass is 32.2. The van der Waals surface area contributed by atoms with Gasteiger partial charge in [-0.3, -0.25) is 9.78 Å². The molecule has 31 heavy (non-hydrogen) atoms. The topological polar surface area (TPSA) is 97.4 Å². The number of amides is 1. The average Bonchev–Trinajstić information content (AvgIpc) is 2.78. The van der Waals surface area contributed by atoms with Gasteiger partial charge < -0.3 is 10.1 Å². The Hall–Kier alpha value is -3.30. The first kappa shape index (κ1) is 22.4. The van der Waals surface area contributed by atoms with Crippen molar-refractivity contribution in [1.82, 2.24) is 15.0 Å². The van der Waals surface area contributed by atoms with Gasteiger partial charge in [0.25, 0.3) is 5.91 Å². The van der Waals surface area contributed by atoms with Crippen LogP contribution in [0.1, 0.15) is 34.5 Å². The SMILES string of the molecule is CNS(=O)(=O)c1ccc(F)c(C(=O)NC(C)c2ccc(OCc3cccnc3)cc2)c1. The molecule has 2 aromatic carbocycles. The van der Waals surface area contributed by atoms with Crippen LogP contribution in [-0.4, -0.2) is 26.4 Å². The minimum atomic E-state index is -3.80. The smallest absolute Gasteiger partial charge is 0.254 e. The first-order valence-electron chi connectivity index (χ1n) is 9.46. The number of halogens is 1. The summed E-state index contributed by atoms with van der Waals surface area (Å²) in [7, 11) is -2.56. The number of carbonyl (C=O) groups is 1. The molecular formula is C22H22FN3O4S. The van der Waals surface area contributed by atoms with E-state index < -0.39 is 27.8 Å². The minimum absolute atomic E-state index is 0.190. The maximum atomic E-state index is 14.1. The summed E-state index contributed by atoms with van der Waals surface area (Å²) in [5.74, 6) is -0.865. The lowest BCUT2D eigenvalue weighted by molar-refractivity contribution is 0.0935. The number of sulfonamides is 1. The number of nitrogens with zero attached hydrogens (tertiary/aromatic N) is 1. The fourth-order valence-corrected chi connectivity index (χ4v) is 3.58. The van der Waals surface area contributed by atoms with Gasteiger partial charge in [0, 0.05) is 18.0 Å². The summed E-state index contributed by atoms with van der Waals surface area (Å²) < 4.78 is 45.8. The average molecular weight is 444 g/mol. The normalized spacial score (nSPS) is 12.2. The molecule has 0 saturated heterocycles. The van der Waals surface area contributed by atoms with Crippen molar-refractivity contribution in [2.24, 2.45) is 0 Å². The zero-order valence-electron chi connectivity index (χ0n) is 17.0. The summed E-state index contributed by atoms with van der Waals surface area (Å²) in [6.45, 7) is 2.13. The lowest BCUT2D eigenvalue weighted by Gasteiger charge is -2.16. The largest absolute Gasteiger partial charge is 0.489 e. The van der Waals surface area contributed by atoms with Crippen molar-refractivity contribution in [3.05, 3.63) is 89.5 Å². The molecule has 1 aromatic heterocycles. The number of rotatable bonds is 8. The van der Waals surface area contributed by atoms with Crippen LogP contribution < -0.4 is 14.8 Å². The number of pyridine rings is 1. The molecule has 7 nitrogen and oxygen atoms in total. The molecule has 0 saturated carbocycles. The number of aromatic nitrogens is 1. The summed E-state index contributed by atoms with van der Waals surface area (Å²) in [4.78, 5) is 16.4. The van der Waals surface area contributed by atoms with Gasteiger partial charge in [-0.1, -0.05) is 18.2 Å². The molecule has 9 heteroatoms. The Bertz CT molecular complexity index is 1150. The van der Waals surface area contributed by atoms with Crippen LogP contribution in [0.2, 0.25) is 0 Å². The van der Waals surface area contributed by atoms with Crippen LogP contribution >= 0.6 is 0 Å². The molecule has 0 bridgehead atoms. The molecule has 2 N–H and O–H groups in total. The predicted octanol–water partition coefficient (Wildman–Crippen LogP) is 3.20. The Morgan fingerprint density at radius 2 is 1.90 bits per heavy atom. The van der Waals surface area contributed by atoms with Gasteiger partial charge in [-0.2, -0.15) is 0 Å². The third-order valence-corrected chi connectivity index (χ3v) is 6.03. The first-order valence-corrected chi connectivity index (χ1v) is 10.9. The van der Waals surface area contributed by atoms with Crippen molar-refractivity contribution in [1.29, 1.82) is 0 Å². The van der Waals surface area contributed by atoms with Gasteiger partial charge in [0.15, 0.2) is 0 Å². The van der Waals surface area contributed by atoms with Crippen molar-refractivity contribution < 1.29 is 22.3 Å². The molecule has 3 rings (SSSR count). The van der Waals surface area contributed by atoms with Gasteiger partial charge in [-0.05, 0) is 55.9 Å². The van der Waals surface area contributed by atoms with E-state index in [1.807, 2.05) is 12.1 Å². The van der Waals surface area contributed by atoms with Crippen LogP contribution in [0.15, 0.2) is 71.9 Å². The molecular weight excluding hydrogens is 421 g/mol. The van der Waals surface area contributed by atoms with Crippen molar-refractivity contribution in [3.63, 3.8) is 0 Å². The summed E-state index contributed by atoms with van der Waals surface area (Å²) in [5, 5.41) is 2.68. The van der Waals surface area contributed by atoms with Crippen LogP contribution in [0.25, 0.3) is 0 Å². The van der Waals surface area contributed by atoms with Gasteiger partial charge in [0.2, 0.25) is 10.0 Å². The zero-order chi connectivity index (χ0) is 22.4. The van der Waals surface area contributed by atoms with Gasteiger partial charge in [-0.25, -0.2) is 17.5 Å². The van der Waals surface area contributed by atoms with Crippen LogP contribution in [0.5, 0.6) is 5.75 Å². The molecule has 0 aliphatic rings. The summed E-state index contributed by atoms with van der Waals surface area (Å²) in [6.07, 6.45) is 3.41. The molecule has 0 radical (unpaired) electrons. The van der Waals surface area contributed by atoms with E-state index in [4.69, 9.17) is 4.74 Å². The molecule has 162 valence electrons. The summed E-state index contributed by atoms with van der Waals surface area (Å²) >= 11 is 0. The highest BCUT2D eigenvalue weighted by molar-refractivity contribution is 7.89. The predicted molar refractivity (Wildman–Crippen MR) is 114 cm³/mol. The second-order valence-electron chi connectivity index (χ2n) is 6.76. The molecule has 0 aliphatic heterocycles. The number of carbonyl (C=O) groups excluding carboxylic acids is 1. The van der Waals surface area contributed by atoms with Gasteiger partial charge in [-0.15, -0.1) is 0 Å². The standard InChI is InChI=1S/C22H22FN3O4S/c1-15(17-5-7-18(8-6-17)30-14-16-4-3-11-25-13-16)26-22(27)20-12-19(9-10-21(20)23)31(28,29)24-2/h3-13,15,24H,14H2,1-2H3,(H,26,27). The van der Waals surface area contributed by atoms with Gasteiger partial charge in [0.1, 0.15) is 18.2 Å². The Morgan fingerprint density at radius 3 is 2.55 bits per heavy atom. The van der Waals surface area contributed by atoms with Crippen LogP contribution in [0.4, 0.5) is 4.39 Å². The lowest BCUT2D eigenvalue weighted by atomic mass is 10.1. The van der Waals surface area contributed by atoms with E-state index in [0.29, 0.717) is 12.4 Å². The van der Waals surface area contributed by atoms with Gasteiger partial charge in [0.05, 0.1) is 16.5 Å². The van der Waals surface area contributed by atoms with E-state index in [0.717, 1.165) is 29.3 Å². The maximum absolute atomic E-state index is 14.1. The molecule has 1 amide bonds. The molecule has 0 spiro atoms. The molecule has 3 aromatic rings. The Kier molecular flexibility index (Phi) is 6.98. The van der Waals surface area contributed by atoms with E-state index in [9.17, 15) is 17.6 Å². The van der Waals surface area contributed by atoms with Crippen molar-refractivity contribution >= 4 is 15.9 Å². The number of benzene rings is 2. The quantitative estimate of drug-likeness (QED) is 0.557. The van der Waals surface area contributed by atoms with Gasteiger partial charge >= 0.3 is 0 Å². The molecule has 0 fully saturated rings. The molecule has 1 heterocycles. The number of nitrogens with one attached hydrogen (secondary N) is 2. The van der Waals surface area contributed by atoms with E-state index in [-0.39, 0.29) is 10.5 Å². The molecule has 0 aliphatic carbocycles. The summed E-state index contributed by atoms with van der Waals surface area (Å²) in [5.41, 5.74) is 1.37. The monoisotopic (exact) mass is 443 g/mol. The van der Waals surface area contributed by atoms with E-state index >= 15 is 0 Å². The third-order valence-electron chi connectivity index (χ3n) is 4.62.